The van der Waals surface area contributed by atoms with E-state index in [-0.39, 0.29) is 40.3 Å². The van der Waals surface area contributed by atoms with Crippen LogP contribution in [-0.2, 0) is 35.5 Å². The molecule has 0 spiro atoms. The van der Waals surface area contributed by atoms with Gasteiger partial charge in [-0.3, -0.25) is 0 Å². The summed E-state index contributed by atoms with van der Waals surface area (Å²) in [6.45, 7) is 2.05. The number of benzene rings is 1. The Labute approximate surface area is 202 Å². The first-order valence-electron chi connectivity index (χ1n) is 10.4. The normalized spacial score (nSPS) is 17.5. The Morgan fingerprint density at radius 2 is 1.88 bits per heavy atom. The molecule has 0 fully saturated rings. The van der Waals surface area contributed by atoms with Gasteiger partial charge in [0.2, 0.25) is 5.95 Å². The van der Waals surface area contributed by atoms with Gasteiger partial charge in [0.15, 0.2) is 9.84 Å². The van der Waals surface area contributed by atoms with Crippen molar-refractivity contribution in [2.75, 3.05) is 24.2 Å². The number of aromatic nitrogens is 2. The lowest BCUT2D eigenvalue weighted by molar-refractivity contribution is -0.137. The van der Waals surface area contributed by atoms with E-state index >= 15 is 0 Å². The molecular formula is C21H19ClF3N5O2S2. The van der Waals surface area contributed by atoms with Crippen molar-refractivity contribution in [1.29, 1.82) is 0 Å². The molecule has 0 bridgehead atoms. The average molecular weight is 530 g/mol. The zero-order valence-corrected chi connectivity index (χ0v) is 20.0. The summed E-state index contributed by atoms with van der Waals surface area (Å²) in [4.78, 5) is 8.63. The molecule has 0 saturated carbocycles. The third kappa shape index (κ3) is 4.52. The van der Waals surface area contributed by atoms with Gasteiger partial charge in [-0.2, -0.15) is 13.2 Å². The van der Waals surface area contributed by atoms with Gasteiger partial charge >= 0.3 is 6.18 Å². The Bertz CT molecular complexity index is 1380. The third-order valence-corrected chi connectivity index (χ3v) is 9.05. The molecule has 34 heavy (non-hydrogen) atoms. The van der Waals surface area contributed by atoms with Crippen LogP contribution in [0.15, 0.2) is 29.3 Å². The Hall–Kier alpha value is -2.25. The van der Waals surface area contributed by atoms with Gasteiger partial charge in [0.25, 0.3) is 0 Å². The molecule has 0 unspecified atom stereocenters. The van der Waals surface area contributed by atoms with Crippen molar-refractivity contribution in [1.82, 2.24) is 20.6 Å². The molecule has 2 aliphatic heterocycles. The summed E-state index contributed by atoms with van der Waals surface area (Å²) in [5, 5.41) is 9.57. The van der Waals surface area contributed by atoms with E-state index < -0.39 is 21.6 Å². The number of sulfone groups is 1. The summed E-state index contributed by atoms with van der Waals surface area (Å²) < 4.78 is 66.5. The van der Waals surface area contributed by atoms with Crippen molar-refractivity contribution in [3.63, 3.8) is 0 Å². The molecule has 0 radical (unpaired) electrons. The van der Waals surface area contributed by atoms with E-state index in [1.54, 1.807) is 0 Å². The summed E-state index contributed by atoms with van der Waals surface area (Å²) in [6.07, 6.45) is -3.22. The molecule has 0 amide bonds. The highest BCUT2D eigenvalue weighted by Crippen LogP contribution is 2.41. The standard InChI is InChI=1S/C21H19ClF3N5O2S2/c22-14-5-12-8-26-2-1-11(12)6-15(14)29-20-28-9-13(21(23,24)25)19(30-20)16-7-18-17(33-16)10-27-3-4-34(18,31)32/h5-7,9,26-27H,1-4,8,10H2,(H,28,29,30). The maximum Gasteiger partial charge on any atom is 0.420 e. The van der Waals surface area contributed by atoms with Gasteiger partial charge in [0.05, 0.1) is 31.9 Å². The number of rotatable bonds is 3. The monoisotopic (exact) mass is 529 g/mol. The number of nitrogens with one attached hydrogen (secondary N) is 3. The first kappa shape index (κ1) is 23.5. The minimum Gasteiger partial charge on any atom is -0.323 e. The van der Waals surface area contributed by atoms with E-state index in [1.165, 1.54) is 6.07 Å². The van der Waals surface area contributed by atoms with Gasteiger partial charge in [-0.05, 0) is 42.3 Å². The quantitative estimate of drug-likeness (QED) is 0.469. The van der Waals surface area contributed by atoms with E-state index in [9.17, 15) is 21.6 Å². The minimum absolute atomic E-state index is 0.0464. The second-order valence-corrected chi connectivity index (χ2v) is 11.6. The van der Waals surface area contributed by atoms with Gasteiger partial charge < -0.3 is 16.0 Å². The van der Waals surface area contributed by atoms with Crippen LogP contribution in [0.5, 0.6) is 0 Å². The van der Waals surface area contributed by atoms with Crippen LogP contribution >= 0.6 is 22.9 Å². The van der Waals surface area contributed by atoms with E-state index in [2.05, 4.69) is 25.9 Å². The van der Waals surface area contributed by atoms with Crippen LogP contribution < -0.4 is 16.0 Å². The highest BCUT2D eigenvalue weighted by molar-refractivity contribution is 7.91. The maximum absolute atomic E-state index is 13.8. The van der Waals surface area contributed by atoms with Crippen molar-refractivity contribution < 1.29 is 21.6 Å². The van der Waals surface area contributed by atoms with E-state index in [4.69, 9.17) is 11.6 Å². The highest BCUT2D eigenvalue weighted by atomic mass is 35.5. The first-order chi connectivity index (χ1) is 16.1. The largest absolute Gasteiger partial charge is 0.420 e. The van der Waals surface area contributed by atoms with Crippen LogP contribution in [0.2, 0.25) is 5.02 Å². The summed E-state index contributed by atoms with van der Waals surface area (Å²) in [5.74, 6) is -0.186. The molecule has 0 atom stereocenters. The number of halogens is 4. The van der Waals surface area contributed by atoms with Crippen molar-refractivity contribution in [3.8, 4) is 10.6 Å². The number of thiophene rings is 1. The third-order valence-electron chi connectivity index (χ3n) is 5.69. The molecule has 0 aliphatic carbocycles. The van der Waals surface area contributed by atoms with Gasteiger partial charge in [0, 0.05) is 30.7 Å². The molecule has 3 N–H and O–H groups in total. The van der Waals surface area contributed by atoms with Crippen LogP contribution in [-0.4, -0.2) is 37.2 Å². The van der Waals surface area contributed by atoms with Crippen LogP contribution in [0.4, 0.5) is 24.8 Å². The predicted molar refractivity (Wildman–Crippen MR) is 124 cm³/mol. The lowest BCUT2D eigenvalue weighted by Crippen LogP contribution is -2.23. The molecule has 180 valence electrons. The molecule has 0 saturated heterocycles. The van der Waals surface area contributed by atoms with Crippen LogP contribution in [0.25, 0.3) is 10.6 Å². The van der Waals surface area contributed by atoms with Crippen molar-refractivity contribution in [2.45, 2.75) is 30.6 Å². The first-order valence-corrected chi connectivity index (χ1v) is 13.3. The zero-order valence-electron chi connectivity index (χ0n) is 17.6. The fraction of sp³-hybridized carbons (Fsp3) is 0.333. The molecule has 5 rings (SSSR count). The molecule has 7 nitrogen and oxygen atoms in total. The number of alkyl halides is 3. The van der Waals surface area contributed by atoms with E-state index in [1.807, 2.05) is 12.1 Å². The smallest absolute Gasteiger partial charge is 0.323 e. The van der Waals surface area contributed by atoms with Gasteiger partial charge in [0.1, 0.15) is 5.56 Å². The lowest BCUT2D eigenvalue weighted by atomic mass is 10.0. The molecule has 2 aliphatic rings. The van der Waals surface area contributed by atoms with Gasteiger partial charge in [-0.15, -0.1) is 11.3 Å². The molecular weight excluding hydrogens is 511 g/mol. The Kier molecular flexibility index (Phi) is 6.05. The molecule has 3 aromatic rings. The van der Waals surface area contributed by atoms with Crippen molar-refractivity contribution >= 4 is 44.4 Å². The van der Waals surface area contributed by atoms with Crippen LogP contribution in [0.1, 0.15) is 21.6 Å². The van der Waals surface area contributed by atoms with E-state index in [0.29, 0.717) is 28.3 Å². The fourth-order valence-electron chi connectivity index (χ4n) is 3.99. The second-order valence-electron chi connectivity index (χ2n) is 8.00. The highest BCUT2D eigenvalue weighted by Gasteiger charge is 2.37. The van der Waals surface area contributed by atoms with Crippen molar-refractivity contribution in [3.05, 3.63) is 51.0 Å². The Morgan fingerprint density at radius 1 is 1.09 bits per heavy atom. The fourth-order valence-corrected chi connectivity index (χ4v) is 7.18. The molecule has 13 heteroatoms. The second kappa shape index (κ2) is 8.76. The Balaban J connectivity index is 1.57. The predicted octanol–water partition coefficient (Wildman–Crippen LogP) is 4.14. The zero-order chi connectivity index (χ0) is 24.1. The van der Waals surface area contributed by atoms with Crippen molar-refractivity contribution in [2.24, 2.45) is 0 Å². The van der Waals surface area contributed by atoms with Crippen LogP contribution in [0.3, 0.4) is 0 Å². The molecule has 1 aromatic carbocycles. The minimum atomic E-state index is -4.72. The summed E-state index contributed by atoms with van der Waals surface area (Å²) in [5.41, 5.74) is 1.21. The van der Waals surface area contributed by atoms with Gasteiger partial charge in [-0.25, -0.2) is 18.4 Å². The molecule has 4 heterocycles. The summed E-state index contributed by atoms with van der Waals surface area (Å²) in [7, 11) is -3.60. The van der Waals surface area contributed by atoms with E-state index in [0.717, 1.165) is 35.4 Å². The number of hydrogen-bond donors (Lipinski definition) is 3. The lowest BCUT2D eigenvalue weighted by Gasteiger charge is -2.19. The number of anilines is 2. The number of fused-ring (bicyclic) bond motifs is 2. The Morgan fingerprint density at radius 3 is 2.68 bits per heavy atom. The topological polar surface area (TPSA) is 96.0 Å². The maximum atomic E-state index is 13.8. The number of nitrogens with zero attached hydrogens (tertiary/aromatic N) is 2. The van der Waals surface area contributed by atoms with Gasteiger partial charge in [-0.1, -0.05) is 11.6 Å². The molecule has 2 aromatic heterocycles. The SMILES string of the molecule is O=S1(=O)CCNCc2sc(-c3nc(Nc4cc5c(cc4Cl)CNCC5)ncc3C(F)(F)F)cc21. The summed E-state index contributed by atoms with van der Waals surface area (Å²) in [6, 6.07) is 4.94. The number of hydrogen-bond acceptors (Lipinski definition) is 8. The van der Waals surface area contributed by atoms with Crippen LogP contribution in [0, 0.1) is 0 Å². The average Bonchev–Trinajstić information content (AvgIpc) is 3.16. The summed E-state index contributed by atoms with van der Waals surface area (Å²) >= 11 is 7.37.